The van der Waals surface area contributed by atoms with E-state index in [4.69, 9.17) is 5.26 Å². The fourth-order valence-electron chi connectivity index (χ4n) is 1.71. The summed E-state index contributed by atoms with van der Waals surface area (Å²) in [6, 6.07) is 2.22. The molecular weight excluding hydrogens is 210 g/mol. The number of hydrogen-bond acceptors (Lipinski definition) is 3. The minimum atomic E-state index is -0.0745. The van der Waals surface area contributed by atoms with Gasteiger partial charge in [0, 0.05) is 30.3 Å². The zero-order chi connectivity index (χ0) is 13.1. The Kier molecular flexibility index (Phi) is 4.47. The summed E-state index contributed by atoms with van der Waals surface area (Å²) in [6.07, 6.45) is 2.88. The molecule has 0 aromatic rings. The van der Waals surface area contributed by atoms with Crippen LogP contribution in [0.2, 0.25) is 0 Å². The third-order valence-corrected chi connectivity index (χ3v) is 3.02. The SMILES string of the molecule is CC(C)C(C#N)NCC1=CN=C(C(C)(C)C)C1. The Morgan fingerprint density at radius 1 is 1.47 bits per heavy atom. The van der Waals surface area contributed by atoms with Crippen molar-refractivity contribution < 1.29 is 0 Å². The van der Waals surface area contributed by atoms with Gasteiger partial charge in [-0.25, -0.2) is 0 Å². The Balaban J connectivity index is 2.42. The summed E-state index contributed by atoms with van der Waals surface area (Å²) in [4.78, 5) is 4.47. The van der Waals surface area contributed by atoms with E-state index in [-0.39, 0.29) is 11.5 Å². The number of nitrogens with zero attached hydrogens (tertiary/aromatic N) is 2. The molecule has 3 nitrogen and oxygen atoms in total. The zero-order valence-corrected chi connectivity index (χ0v) is 11.5. The van der Waals surface area contributed by atoms with Crippen molar-refractivity contribution in [3.63, 3.8) is 0 Å². The fourth-order valence-corrected chi connectivity index (χ4v) is 1.71. The van der Waals surface area contributed by atoms with Crippen LogP contribution in [0.15, 0.2) is 16.8 Å². The van der Waals surface area contributed by atoms with E-state index in [1.807, 2.05) is 6.20 Å². The molecule has 1 aliphatic rings. The molecule has 3 heteroatoms. The monoisotopic (exact) mass is 233 g/mol. The molecule has 1 aliphatic heterocycles. The lowest BCUT2D eigenvalue weighted by Gasteiger charge is -2.19. The molecule has 1 N–H and O–H groups in total. The summed E-state index contributed by atoms with van der Waals surface area (Å²) in [7, 11) is 0. The largest absolute Gasteiger partial charge is 0.298 e. The average Bonchev–Trinajstić information content (AvgIpc) is 2.66. The van der Waals surface area contributed by atoms with Gasteiger partial charge in [0.1, 0.15) is 0 Å². The molecule has 1 unspecified atom stereocenters. The highest BCUT2D eigenvalue weighted by atomic mass is 14.9. The maximum absolute atomic E-state index is 8.99. The molecule has 0 saturated carbocycles. The Bertz CT molecular complexity index is 364. The third kappa shape index (κ3) is 3.98. The van der Waals surface area contributed by atoms with Gasteiger partial charge in [0.25, 0.3) is 0 Å². The molecule has 17 heavy (non-hydrogen) atoms. The second kappa shape index (κ2) is 5.46. The van der Waals surface area contributed by atoms with Crippen molar-refractivity contribution in [3.05, 3.63) is 11.8 Å². The number of hydrogen-bond donors (Lipinski definition) is 1. The van der Waals surface area contributed by atoms with E-state index >= 15 is 0 Å². The van der Waals surface area contributed by atoms with Gasteiger partial charge in [0.2, 0.25) is 0 Å². The van der Waals surface area contributed by atoms with Crippen molar-refractivity contribution in [2.45, 2.75) is 47.1 Å². The van der Waals surface area contributed by atoms with Crippen molar-refractivity contribution in [1.29, 1.82) is 5.26 Å². The first kappa shape index (κ1) is 13.9. The normalized spacial score (nSPS) is 17.7. The summed E-state index contributed by atoms with van der Waals surface area (Å²) >= 11 is 0. The molecule has 0 saturated heterocycles. The Morgan fingerprint density at radius 2 is 2.12 bits per heavy atom. The first-order chi connectivity index (χ1) is 7.84. The molecule has 1 heterocycles. The first-order valence-corrected chi connectivity index (χ1v) is 6.22. The van der Waals surface area contributed by atoms with Crippen LogP contribution in [0.5, 0.6) is 0 Å². The van der Waals surface area contributed by atoms with Crippen LogP contribution < -0.4 is 5.32 Å². The molecule has 0 amide bonds. The standard InChI is InChI=1S/C14H23N3/c1-10(2)12(7-15)16-8-11-6-13(17-9-11)14(3,4)5/h9-10,12,16H,6,8H2,1-5H3. The Hall–Kier alpha value is -1.14. The van der Waals surface area contributed by atoms with Crippen molar-refractivity contribution in [1.82, 2.24) is 5.32 Å². The summed E-state index contributed by atoms with van der Waals surface area (Å²) < 4.78 is 0. The minimum Gasteiger partial charge on any atom is -0.298 e. The smallest absolute Gasteiger partial charge is 0.0978 e. The number of nitriles is 1. The topological polar surface area (TPSA) is 48.2 Å². The van der Waals surface area contributed by atoms with E-state index in [9.17, 15) is 0 Å². The van der Waals surface area contributed by atoms with Crippen LogP contribution in [0.3, 0.4) is 0 Å². The van der Waals surface area contributed by atoms with Gasteiger partial charge >= 0.3 is 0 Å². The fraction of sp³-hybridized carbons (Fsp3) is 0.714. The Labute approximate surface area is 105 Å². The molecule has 0 bridgehead atoms. The molecule has 0 radical (unpaired) electrons. The molecule has 0 aliphatic carbocycles. The molecule has 1 rings (SSSR count). The van der Waals surface area contributed by atoms with Gasteiger partial charge in [-0.05, 0) is 11.5 Å². The van der Waals surface area contributed by atoms with Crippen LogP contribution in [-0.4, -0.2) is 18.3 Å². The zero-order valence-electron chi connectivity index (χ0n) is 11.5. The van der Waals surface area contributed by atoms with E-state index < -0.39 is 0 Å². The van der Waals surface area contributed by atoms with Crippen LogP contribution in [0.25, 0.3) is 0 Å². The van der Waals surface area contributed by atoms with E-state index in [0.717, 1.165) is 13.0 Å². The second-order valence-corrected chi connectivity index (χ2v) is 6.02. The van der Waals surface area contributed by atoms with Gasteiger partial charge < -0.3 is 0 Å². The van der Waals surface area contributed by atoms with Crippen LogP contribution in [0, 0.1) is 22.7 Å². The maximum atomic E-state index is 8.99. The van der Waals surface area contributed by atoms with Crippen molar-refractivity contribution in [2.75, 3.05) is 6.54 Å². The molecule has 0 aromatic carbocycles. The maximum Gasteiger partial charge on any atom is 0.0978 e. The number of aliphatic imine (C=N–C) groups is 1. The van der Waals surface area contributed by atoms with Crippen LogP contribution in [0.1, 0.15) is 41.0 Å². The Morgan fingerprint density at radius 3 is 2.53 bits per heavy atom. The van der Waals surface area contributed by atoms with Gasteiger partial charge in [-0.1, -0.05) is 34.6 Å². The number of rotatable bonds is 4. The molecule has 0 spiro atoms. The molecule has 0 aromatic heterocycles. The summed E-state index contributed by atoms with van der Waals surface area (Å²) in [6.45, 7) is 11.4. The second-order valence-electron chi connectivity index (χ2n) is 6.02. The predicted molar refractivity (Wildman–Crippen MR) is 71.8 cm³/mol. The molecule has 94 valence electrons. The summed E-state index contributed by atoms with van der Waals surface area (Å²) in [5.41, 5.74) is 2.65. The van der Waals surface area contributed by atoms with Crippen molar-refractivity contribution >= 4 is 5.71 Å². The van der Waals surface area contributed by atoms with E-state index in [1.165, 1.54) is 11.3 Å². The molecular formula is C14H23N3. The van der Waals surface area contributed by atoms with E-state index in [2.05, 4.69) is 51.0 Å². The van der Waals surface area contributed by atoms with Gasteiger partial charge in [-0.2, -0.15) is 5.26 Å². The summed E-state index contributed by atoms with van der Waals surface area (Å²) in [5, 5.41) is 12.3. The highest BCUT2D eigenvalue weighted by Crippen LogP contribution is 2.25. The molecule has 1 atom stereocenters. The van der Waals surface area contributed by atoms with Crippen LogP contribution >= 0.6 is 0 Å². The average molecular weight is 233 g/mol. The third-order valence-electron chi connectivity index (χ3n) is 3.02. The lowest BCUT2D eigenvalue weighted by atomic mass is 9.87. The van der Waals surface area contributed by atoms with Crippen LogP contribution in [0.4, 0.5) is 0 Å². The van der Waals surface area contributed by atoms with Crippen molar-refractivity contribution in [2.24, 2.45) is 16.3 Å². The first-order valence-electron chi connectivity index (χ1n) is 6.22. The van der Waals surface area contributed by atoms with Gasteiger partial charge in [-0.15, -0.1) is 0 Å². The minimum absolute atomic E-state index is 0.0745. The summed E-state index contributed by atoms with van der Waals surface area (Å²) in [5.74, 6) is 0.338. The molecule has 0 fully saturated rings. The van der Waals surface area contributed by atoms with E-state index in [0.29, 0.717) is 5.92 Å². The lowest BCUT2D eigenvalue weighted by molar-refractivity contribution is 0.487. The number of nitrogens with one attached hydrogen (secondary N) is 1. The van der Waals surface area contributed by atoms with Gasteiger partial charge in [0.05, 0.1) is 12.1 Å². The van der Waals surface area contributed by atoms with Crippen LogP contribution in [-0.2, 0) is 0 Å². The highest BCUT2D eigenvalue weighted by Gasteiger charge is 2.23. The lowest BCUT2D eigenvalue weighted by Crippen LogP contribution is -2.34. The van der Waals surface area contributed by atoms with Crippen molar-refractivity contribution in [3.8, 4) is 6.07 Å². The highest BCUT2D eigenvalue weighted by molar-refractivity contribution is 5.93. The predicted octanol–water partition coefficient (Wildman–Crippen LogP) is 2.90. The van der Waals surface area contributed by atoms with Gasteiger partial charge in [0.15, 0.2) is 0 Å². The van der Waals surface area contributed by atoms with Gasteiger partial charge in [-0.3, -0.25) is 10.3 Å². The van der Waals surface area contributed by atoms with E-state index in [1.54, 1.807) is 0 Å². The quantitative estimate of drug-likeness (QED) is 0.811.